The summed E-state index contributed by atoms with van der Waals surface area (Å²) < 4.78 is 4.33. The topological polar surface area (TPSA) is 12.4 Å². The van der Waals surface area contributed by atoms with Crippen LogP contribution >= 0.6 is 0 Å². The van der Waals surface area contributed by atoms with Crippen LogP contribution in [0.5, 0.6) is 0 Å². The van der Waals surface area contributed by atoms with E-state index in [0.29, 0.717) is 11.8 Å². The van der Waals surface area contributed by atoms with Crippen LogP contribution in [0.25, 0.3) is 0 Å². The Morgan fingerprint density at radius 1 is 1.00 bits per heavy atom. The van der Waals surface area contributed by atoms with Crippen molar-refractivity contribution in [1.82, 2.24) is 0 Å². The maximum absolute atomic E-state index is 4.33. The van der Waals surface area contributed by atoms with Gasteiger partial charge in [0.1, 0.15) is 0 Å². The van der Waals surface area contributed by atoms with Crippen LogP contribution in [-0.4, -0.2) is 16.1 Å². The summed E-state index contributed by atoms with van der Waals surface area (Å²) >= 11 is 2.48. The Labute approximate surface area is 94.8 Å². The molecule has 0 bridgehead atoms. The Hall–Kier alpha value is -0.448. The third-order valence-electron chi connectivity index (χ3n) is 2.47. The molecule has 0 aromatic heterocycles. The van der Waals surface area contributed by atoms with Gasteiger partial charge in [-0.25, -0.2) is 0 Å². The Balaban J connectivity index is 3.32. The zero-order chi connectivity index (χ0) is 10.7. The predicted octanol–water partition coefficient (Wildman–Crippen LogP) is 3.92. The van der Waals surface area contributed by atoms with Crippen molar-refractivity contribution in [2.24, 2.45) is 3.93 Å². The van der Waals surface area contributed by atoms with Crippen molar-refractivity contribution in [3.05, 3.63) is 29.3 Å². The molecule has 0 aliphatic carbocycles. The summed E-state index contributed by atoms with van der Waals surface area (Å²) in [5.41, 5.74) is 3.83. The number of nitrogens with zero attached hydrogens (tertiary/aromatic N) is 1. The van der Waals surface area contributed by atoms with E-state index < -0.39 is 0 Å². The normalized spacial score (nSPS) is 10.9. The quantitative estimate of drug-likeness (QED) is 0.659. The van der Waals surface area contributed by atoms with Crippen molar-refractivity contribution in [1.29, 1.82) is 0 Å². The molecule has 0 N–H and O–H groups in total. The first-order chi connectivity index (χ1) is 6.57. The van der Waals surface area contributed by atoms with Gasteiger partial charge in [0.05, 0.1) is 0 Å². The molecule has 0 aliphatic rings. The van der Waals surface area contributed by atoms with Gasteiger partial charge in [-0.15, -0.1) is 0 Å². The predicted molar refractivity (Wildman–Crippen MR) is 62.5 cm³/mol. The first kappa shape index (κ1) is 11.6. The molecule has 2 heteroatoms. The number of benzene rings is 1. The molecular formula is C12H17AlN. The summed E-state index contributed by atoms with van der Waals surface area (Å²) in [5, 5.41) is 0. The second-order valence-electron chi connectivity index (χ2n) is 4.22. The van der Waals surface area contributed by atoms with E-state index in [1.54, 1.807) is 0 Å². The standard InChI is InChI=1S/C12H17N.Al/c1-8(2)10-6-5-7-11(9(3)4)12(10)13;/h5-9H,1-4H3;. The van der Waals surface area contributed by atoms with Gasteiger partial charge in [0.15, 0.2) is 0 Å². The van der Waals surface area contributed by atoms with Crippen molar-refractivity contribution in [3.63, 3.8) is 0 Å². The zero-order valence-electron chi connectivity index (χ0n) is 9.41. The van der Waals surface area contributed by atoms with Gasteiger partial charge in [0.2, 0.25) is 0 Å². The van der Waals surface area contributed by atoms with Gasteiger partial charge in [-0.3, -0.25) is 0 Å². The van der Waals surface area contributed by atoms with Crippen molar-refractivity contribution in [2.75, 3.05) is 0 Å². The average Bonchev–Trinajstić information content (AvgIpc) is 2.16. The molecule has 1 aromatic carbocycles. The Kier molecular flexibility index (Phi) is 4.04. The molecule has 1 radical (unpaired) electrons. The van der Waals surface area contributed by atoms with Gasteiger partial charge in [-0.05, 0) is 0 Å². The van der Waals surface area contributed by atoms with Gasteiger partial charge in [0, 0.05) is 0 Å². The molecule has 0 amide bonds. The molecule has 0 aliphatic heterocycles. The van der Waals surface area contributed by atoms with Crippen molar-refractivity contribution in [2.45, 2.75) is 39.5 Å². The Morgan fingerprint density at radius 2 is 1.43 bits per heavy atom. The molecule has 0 unspecified atom stereocenters. The van der Waals surface area contributed by atoms with Crippen molar-refractivity contribution < 1.29 is 0 Å². The van der Waals surface area contributed by atoms with Crippen LogP contribution in [0.4, 0.5) is 5.69 Å². The van der Waals surface area contributed by atoms with E-state index in [2.05, 4.69) is 65.9 Å². The van der Waals surface area contributed by atoms with Crippen LogP contribution in [0, 0.1) is 0 Å². The molecule has 0 fully saturated rings. The van der Waals surface area contributed by atoms with Crippen LogP contribution < -0.4 is 0 Å². The molecule has 1 rings (SSSR count). The van der Waals surface area contributed by atoms with E-state index in [1.807, 2.05) is 0 Å². The summed E-state index contributed by atoms with van der Waals surface area (Å²) in [6.07, 6.45) is 0. The van der Waals surface area contributed by atoms with Gasteiger partial charge in [0.25, 0.3) is 0 Å². The first-order valence-corrected chi connectivity index (χ1v) is 5.63. The van der Waals surface area contributed by atoms with E-state index in [1.165, 1.54) is 11.1 Å². The van der Waals surface area contributed by atoms with Crippen LogP contribution in [0.1, 0.15) is 50.7 Å². The minimum atomic E-state index is 0.535. The van der Waals surface area contributed by atoms with Crippen LogP contribution in [0.3, 0.4) is 0 Å². The van der Waals surface area contributed by atoms with Crippen molar-refractivity contribution >= 4 is 21.8 Å². The van der Waals surface area contributed by atoms with E-state index in [-0.39, 0.29) is 0 Å². The third kappa shape index (κ3) is 2.32. The van der Waals surface area contributed by atoms with Crippen LogP contribution in [0.2, 0.25) is 0 Å². The van der Waals surface area contributed by atoms with Crippen LogP contribution in [0.15, 0.2) is 22.1 Å². The molecule has 73 valence electrons. The number of hydrogen-bond donors (Lipinski definition) is 0. The molecule has 14 heavy (non-hydrogen) atoms. The fraction of sp³-hybridized carbons (Fsp3) is 0.500. The van der Waals surface area contributed by atoms with E-state index in [4.69, 9.17) is 0 Å². The summed E-state index contributed by atoms with van der Waals surface area (Å²) in [4.78, 5) is 0. The third-order valence-corrected chi connectivity index (χ3v) is 2.73. The molecule has 0 heterocycles. The van der Waals surface area contributed by atoms with Crippen LogP contribution in [-0.2, 0) is 0 Å². The molecule has 1 aromatic rings. The second-order valence-corrected chi connectivity index (χ2v) is 4.48. The monoisotopic (exact) mass is 202 g/mol. The summed E-state index contributed by atoms with van der Waals surface area (Å²) in [7, 11) is 0. The van der Waals surface area contributed by atoms with E-state index >= 15 is 0 Å². The summed E-state index contributed by atoms with van der Waals surface area (Å²) in [6, 6.07) is 6.46. The Morgan fingerprint density at radius 3 is 1.71 bits per heavy atom. The Bertz CT molecular complexity index is 303. The van der Waals surface area contributed by atoms with E-state index in [0.717, 1.165) is 5.69 Å². The second kappa shape index (κ2) is 4.87. The van der Waals surface area contributed by atoms with Crippen molar-refractivity contribution in [3.8, 4) is 0 Å². The van der Waals surface area contributed by atoms with Gasteiger partial charge >= 0.3 is 94.6 Å². The minimum absolute atomic E-state index is 0.535. The number of rotatable bonds is 3. The molecular weight excluding hydrogens is 185 g/mol. The zero-order valence-corrected chi connectivity index (χ0v) is 10.6. The van der Waals surface area contributed by atoms with E-state index in [9.17, 15) is 0 Å². The molecule has 0 saturated heterocycles. The summed E-state index contributed by atoms with van der Waals surface area (Å²) in [5.74, 6) is 1.07. The first-order valence-electron chi connectivity index (χ1n) is 5.11. The molecule has 0 saturated carbocycles. The van der Waals surface area contributed by atoms with Gasteiger partial charge in [-0.2, -0.15) is 0 Å². The average molecular weight is 202 g/mol. The maximum atomic E-state index is 4.33. The number of hydrogen-bond acceptors (Lipinski definition) is 1. The molecule has 0 atom stereocenters. The SMILES string of the molecule is CC(C)c1cccc(C(C)C)c1[N]=[Al]. The fourth-order valence-electron chi connectivity index (χ4n) is 1.66. The molecule has 0 spiro atoms. The van der Waals surface area contributed by atoms with Gasteiger partial charge in [-0.1, -0.05) is 0 Å². The summed E-state index contributed by atoms with van der Waals surface area (Å²) in [6.45, 7) is 8.83. The fourth-order valence-corrected chi connectivity index (χ4v) is 1.96. The molecule has 1 nitrogen and oxygen atoms in total. The van der Waals surface area contributed by atoms with Gasteiger partial charge < -0.3 is 0 Å².